The summed E-state index contributed by atoms with van der Waals surface area (Å²) in [5.74, 6) is 0.0447. The van der Waals surface area contributed by atoms with Crippen LogP contribution in [0.25, 0.3) is 10.2 Å². The van der Waals surface area contributed by atoms with Gasteiger partial charge in [0, 0.05) is 30.6 Å². The first-order valence-corrected chi connectivity index (χ1v) is 11.7. The molecule has 5 heterocycles. The summed E-state index contributed by atoms with van der Waals surface area (Å²) in [4.78, 5) is 26.9. The molecular formula is C21H22F3N7O2S. The van der Waals surface area contributed by atoms with Gasteiger partial charge in [0.25, 0.3) is 0 Å². The van der Waals surface area contributed by atoms with E-state index in [0.29, 0.717) is 24.9 Å². The van der Waals surface area contributed by atoms with Crippen LogP contribution >= 0.6 is 11.3 Å². The van der Waals surface area contributed by atoms with Crippen molar-refractivity contribution in [3.63, 3.8) is 0 Å². The molecule has 0 bridgehead atoms. The fourth-order valence-electron chi connectivity index (χ4n) is 4.04. The second-order valence-corrected chi connectivity index (χ2v) is 9.26. The number of fused-ring (bicyclic) bond motifs is 2. The van der Waals surface area contributed by atoms with Crippen LogP contribution in [0.5, 0.6) is 0 Å². The molecule has 2 aliphatic rings. The van der Waals surface area contributed by atoms with Gasteiger partial charge in [0.1, 0.15) is 10.6 Å². The highest BCUT2D eigenvalue weighted by Gasteiger charge is 2.40. The number of methoxy groups -OCH3 is 1. The van der Waals surface area contributed by atoms with Crippen molar-refractivity contribution < 1.29 is 22.7 Å². The third kappa shape index (κ3) is 4.19. The molecule has 1 unspecified atom stereocenters. The minimum Gasteiger partial charge on any atom is -0.466 e. The predicted molar refractivity (Wildman–Crippen MR) is 120 cm³/mol. The van der Waals surface area contributed by atoms with Crippen molar-refractivity contribution in [1.82, 2.24) is 24.7 Å². The Bertz CT molecular complexity index is 1270. The molecule has 0 N–H and O–H groups in total. The number of carbonyl (C=O) groups is 1. The summed E-state index contributed by atoms with van der Waals surface area (Å²) in [6.45, 7) is 3.38. The quantitative estimate of drug-likeness (QED) is 0.294. The molecule has 1 fully saturated rings. The Balaban J connectivity index is 1.48. The van der Waals surface area contributed by atoms with Crippen molar-refractivity contribution >= 4 is 39.3 Å². The van der Waals surface area contributed by atoms with Crippen LogP contribution in [-0.2, 0) is 35.2 Å². The third-order valence-electron chi connectivity index (χ3n) is 5.78. The number of anilines is 2. The summed E-state index contributed by atoms with van der Waals surface area (Å²) >= 11 is 1.60. The van der Waals surface area contributed by atoms with Gasteiger partial charge in [0.05, 0.1) is 25.1 Å². The molecule has 13 heteroatoms. The van der Waals surface area contributed by atoms with E-state index in [9.17, 15) is 18.0 Å². The number of rotatable bonds is 6. The predicted octanol–water partition coefficient (Wildman–Crippen LogP) is 3.19. The molecule has 0 aromatic carbocycles. The Morgan fingerprint density at radius 2 is 2.12 bits per heavy atom. The Morgan fingerprint density at radius 3 is 2.85 bits per heavy atom. The van der Waals surface area contributed by atoms with Crippen molar-refractivity contribution in [2.24, 2.45) is 0 Å². The first kappa shape index (κ1) is 22.6. The van der Waals surface area contributed by atoms with Gasteiger partial charge in [0.15, 0.2) is 5.82 Å². The number of esters is 1. The molecule has 3 aromatic rings. The normalized spacial score (nSPS) is 18.1. The highest BCUT2D eigenvalue weighted by molar-refractivity contribution is 7.18. The number of hydrogen-bond acceptors (Lipinski definition) is 9. The lowest BCUT2D eigenvalue weighted by Crippen LogP contribution is -2.36. The summed E-state index contributed by atoms with van der Waals surface area (Å²) in [6.07, 6.45) is 0.481. The highest BCUT2D eigenvalue weighted by atomic mass is 32.1. The van der Waals surface area contributed by atoms with Crippen LogP contribution in [0.4, 0.5) is 24.9 Å². The number of alkyl halides is 3. The molecule has 1 saturated heterocycles. The molecule has 3 aromatic heterocycles. The number of nitrogens with zero attached hydrogens (tertiary/aromatic N) is 7. The Labute approximate surface area is 196 Å². The first-order chi connectivity index (χ1) is 16.3. The van der Waals surface area contributed by atoms with Crippen molar-refractivity contribution in [2.75, 3.05) is 30.0 Å². The molecule has 9 nitrogen and oxygen atoms in total. The minimum absolute atomic E-state index is 0.0155. The number of aromatic nitrogens is 5. The Morgan fingerprint density at radius 1 is 1.29 bits per heavy atom. The SMILES string of the molecule is CCCc1cc2c(N3CCn4c(nnc4C(F)(F)F)C3)nc(N3CC3C=CC(=O)OC)nc2s1. The highest BCUT2D eigenvalue weighted by Crippen LogP contribution is 2.37. The van der Waals surface area contributed by atoms with Gasteiger partial charge in [-0.3, -0.25) is 0 Å². The van der Waals surface area contributed by atoms with E-state index in [1.54, 1.807) is 17.4 Å². The number of hydrogen-bond donors (Lipinski definition) is 0. The molecule has 0 saturated carbocycles. The first-order valence-electron chi connectivity index (χ1n) is 10.9. The monoisotopic (exact) mass is 493 g/mol. The summed E-state index contributed by atoms with van der Waals surface area (Å²) in [7, 11) is 1.32. The maximum atomic E-state index is 13.2. The third-order valence-corrected chi connectivity index (χ3v) is 6.87. The van der Waals surface area contributed by atoms with Gasteiger partial charge in [0.2, 0.25) is 11.8 Å². The maximum Gasteiger partial charge on any atom is 0.451 e. The fourth-order valence-corrected chi connectivity index (χ4v) is 5.16. The number of halogens is 3. The largest absolute Gasteiger partial charge is 0.466 e. The molecule has 180 valence electrons. The van der Waals surface area contributed by atoms with Gasteiger partial charge in [-0.2, -0.15) is 18.2 Å². The van der Waals surface area contributed by atoms with Crippen molar-refractivity contribution in [2.45, 2.75) is 45.1 Å². The summed E-state index contributed by atoms with van der Waals surface area (Å²) in [5, 5.41) is 8.04. The van der Waals surface area contributed by atoms with E-state index in [4.69, 9.17) is 9.97 Å². The second-order valence-electron chi connectivity index (χ2n) is 8.14. The van der Waals surface area contributed by atoms with E-state index in [0.717, 1.165) is 27.6 Å². The smallest absolute Gasteiger partial charge is 0.451 e. The Kier molecular flexibility index (Phi) is 5.66. The number of carbonyl (C=O) groups excluding carboxylic acids is 1. The fraction of sp³-hybridized carbons (Fsp3) is 0.476. The molecule has 34 heavy (non-hydrogen) atoms. The van der Waals surface area contributed by atoms with Gasteiger partial charge in [-0.25, -0.2) is 9.78 Å². The van der Waals surface area contributed by atoms with Crippen LogP contribution in [0.2, 0.25) is 0 Å². The number of aryl methyl sites for hydroxylation is 1. The molecule has 0 radical (unpaired) electrons. The lowest BCUT2D eigenvalue weighted by atomic mass is 10.2. The lowest BCUT2D eigenvalue weighted by molar-refractivity contribution is -0.147. The summed E-state index contributed by atoms with van der Waals surface area (Å²) in [6, 6.07) is 2.05. The standard InChI is InChI=1S/C21H22F3N7O2S/c1-3-4-13-9-14-17(29-7-8-30-15(11-29)27-28-19(30)21(22,23)24)25-20(26-18(14)34-13)31-10-12(31)5-6-16(32)33-2/h5-6,9,12H,3-4,7-8,10-11H2,1-2H3. The average Bonchev–Trinajstić information content (AvgIpc) is 3.25. The molecular weight excluding hydrogens is 471 g/mol. The zero-order chi connectivity index (χ0) is 24.0. The zero-order valence-corrected chi connectivity index (χ0v) is 19.4. The molecule has 0 amide bonds. The number of thiophene rings is 1. The van der Waals surface area contributed by atoms with E-state index in [2.05, 4.69) is 27.9 Å². The lowest BCUT2D eigenvalue weighted by Gasteiger charge is -2.29. The topological polar surface area (TPSA) is 89.0 Å². The minimum atomic E-state index is -4.54. The molecule has 0 spiro atoms. The van der Waals surface area contributed by atoms with Gasteiger partial charge >= 0.3 is 12.1 Å². The second kappa shape index (κ2) is 8.53. The van der Waals surface area contributed by atoms with Crippen LogP contribution in [0, 0.1) is 0 Å². The molecule has 5 rings (SSSR count). The van der Waals surface area contributed by atoms with Gasteiger partial charge in [-0.15, -0.1) is 21.5 Å². The van der Waals surface area contributed by atoms with Crippen molar-refractivity contribution in [1.29, 1.82) is 0 Å². The number of ether oxygens (including phenoxy) is 1. The summed E-state index contributed by atoms with van der Waals surface area (Å²) in [5.41, 5.74) is 0. The van der Waals surface area contributed by atoms with Crippen LogP contribution < -0.4 is 9.80 Å². The zero-order valence-electron chi connectivity index (χ0n) is 18.5. The maximum absolute atomic E-state index is 13.2. The van der Waals surface area contributed by atoms with Gasteiger partial charge in [-0.1, -0.05) is 19.4 Å². The van der Waals surface area contributed by atoms with Crippen LogP contribution in [0.15, 0.2) is 18.2 Å². The van der Waals surface area contributed by atoms with Crippen LogP contribution in [-0.4, -0.2) is 56.9 Å². The van der Waals surface area contributed by atoms with Crippen molar-refractivity contribution in [3.8, 4) is 0 Å². The van der Waals surface area contributed by atoms with E-state index in [1.807, 2.05) is 9.80 Å². The van der Waals surface area contributed by atoms with E-state index >= 15 is 0 Å². The van der Waals surface area contributed by atoms with Gasteiger partial charge < -0.3 is 19.1 Å². The summed E-state index contributed by atoms with van der Waals surface area (Å²) < 4.78 is 45.5. The molecule has 0 aliphatic carbocycles. The molecule has 2 aliphatic heterocycles. The van der Waals surface area contributed by atoms with Crippen molar-refractivity contribution in [3.05, 3.63) is 34.7 Å². The van der Waals surface area contributed by atoms with Crippen LogP contribution in [0.3, 0.4) is 0 Å². The molecule has 1 atom stereocenters. The van der Waals surface area contributed by atoms with E-state index < -0.39 is 18.0 Å². The Hall–Kier alpha value is -3.22. The van der Waals surface area contributed by atoms with Gasteiger partial charge in [-0.05, 0) is 12.5 Å². The van der Waals surface area contributed by atoms with Crippen LogP contribution in [0.1, 0.15) is 29.9 Å². The van der Waals surface area contributed by atoms with E-state index in [-0.39, 0.29) is 25.0 Å². The van der Waals surface area contributed by atoms with E-state index in [1.165, 1.54) is 18.1 Å². The average molecular weight is 494 g/mol.